The minimum Gasteiger partial charge on any atom is -0.384 e. The molecule has 0 saturated heterocycles. The number of hydrogen-bond donors (Lipinski definition) is 1. The fourth-order valence-electron chi connectivity index (χ4n) is 2.65. The quantitative estimate of drug-likeness (QED) is 0.910. The van der Waals surface area contributed by atoms with Crippen molar-refractivity contribution >= 4 is 11.5 Å². The van der Waals surface area contributed by atoms with Crippen molar-refractivity contribution in [2.24, 2.45) is 7.05 Å². The zero-order chi connectivity index (χ0) is 13.2. The molecule has 19 heavy (non-hydrogen) atoms. The second-order valence-electron chi connectivity index (χ2n) is 5.07. The van der Waals surface area contributed by atoms with Crippen LogP contribution in [0.2, 0.25) is 0 Å². The van der Waals surface area contributed by atoms with Gasteiger partial charge in [0.2, 0.25) is 0 Å². The number of nitrogens with zero attached hydrogens (tertiary/aromatic N) is 2. The van der Waals surface area contributed by atoms with E-state index in [4.69, 9.17) is 0 Å². The smallest absolute Gasteiger partial charge is 0.139 e. The van der Waals surface area contributed by atoms with Crippen LogP contribution in [0.15, 0.2) is 36.5 Å². The average Bonchev–Trinajstić information content (AvgIpc) is 2.97. The Balaban J connectivity index is 1.65. The molecule has 1 aliphatic heterocycles. The summed E-state index contributed by atoms with van der Waals surface area (Å²) in [6.45, 7) is 0.854. The lowest BCUT2D eigenvalue weighted by molar-refractivity contribution is -0.118. The lowest BCUT2D eigenvalue weighted by Gasteiger charge is -2.08. The normalized spacial score (nSPS) is 17.0. The largest absolute Gasteiger partial charge is 0.384 e. The number of hydrogen-bond acceptors (Lipinski definition) is 3. The van der Waals surface area contributed by atoms with Crippen LogP contribution < -0.4 is 5.32 Å². The molecule has 0 saturated carbocycles. The molecular weight excluding hydrogens is 238 g/mol. The monoisotopic (exact) mass is 255 g/mol. The van der Waals surface area contributed by atoms with Gasteiger partial charge >= 0.3 is 0 Å². The Bertz CT molecular complexity index is 603. The van der Waals surface area contributed by atoms with Gasteiger partial charge in [-0.15, -0.1) is 0 Å². The second kappa shape index (κ2) is 4.88. The molecular formula is C15H17N3O. The fraction of sp³-hybridized carbons (Fsp3) is 0.333. The highest BCUT2D eigenvalue weighted by atomic mass is 16.1. The number of nitrogens with one attached hydrogen (secondary N) is 1. The third-order valence-electron chi connectivity index (χ3n) is 3.56. The Morgan fingerprint density at radius 3 is 3.05 bits per heavy atom. The summed E-state index contributed by atoms with van der Waals surface area (Å²) in [4.78, 5) is 12.1. The number of Topliss-reactive ketones (excluding diaryl/α,β-unsaturated/α-hetero) is 1. The van der Waals surface area contributed by atoms with E-state index in [1.54, 1.807) is 4.68 Å². The van der Waals surface area contributed by atoms with E-state index in [1.807, 2.05) is 31.4 Å². The second-order valence-corrected chi connectivity index (χ2v) is 5.07. The van der Waals surface area contributed by atoms with Crippen LogP contribution in [0.25, 0.3) is 0 Å². The van der Waals surface area contributed by atoms with E-state index in [1.165, 1.54) is 5.56 Å². The van der Waals surface area contributed by atoms with Crippen LogP contribution in [0.4, 0.5) is 5.69 Å². The van der Waals surface area contributed by atoms with Gasteiger partial charge in [-0.25, -0.2) is 0 Å². The van der Waals surface area contributed by atoms with Gasteiger partial charge in [-0.3, -0.25) is 9.48 Å². The fourth-order valence-corrected chi connectivity index (χ4v) is 2.65. The lowest BCUT2D eigenvalue weighted by atomic mass is 9.94. The molecule has 1 unspecified atom stereocenters. The minimum absolute atomic E-state index is 0.252. The zero-order valence-corrected chi connectivity index (χ0v) is 11.0. The summed E-state index contributed by atoms with van der Waals surface area (Å²) >= 11 is 0. The molecule has 1 aromatic heterocycles. The van der Waals surface area contributed by atoms with Crippen molar-refractivity contribution in [1.29, 1.82) is 0 Å². The van der Waals surface area contributed by atoms with Crippen LogP contribution in [-0.4, -0.2) is 22.1 Å². The van der Waals surface area contributed by atoms with Gasteiger partial charge < -0.3 is 5.32 Å². The first-order valence-electron chi connectivity index (χ1n) is 6.55. The van der Waals surface area contributed by atoms with Crippen LogP contribution in [0.1, 0.15) is 23.6 Å². The molecule has 0 spiro atoms. The molecule has 0 fully saturated rings. The first kappa shape index (κ1) is 12.0. The van der Waals surface area contributed by atoms with Crippen LogP contribution in [0, 0.1) is 0 Å². The Morgan fingerprint density at radius 2 is 2.26 bits per heavy atom. The van der Waals surface area contributed by atoms with Gasteiger partial charge in [0.1, 0.15) is 5.78 Å². The number of aromatic nitrogens is 2. The predicted molar refractivity (Wildman–Crippen MR) is 74.2 cm³/mol. The van der Waals surface area contributed by atoms with E-state index < -0.39 is 0 Å². The maximum Gasteiger partial charge on any atom is 0.139 e. The first-order valence-corrected chi connectivity index (χ1v) is 6.55. The van der Waals surface area contributed by atoms with Crippen molar-refractivity contribution in [3.63, 3.8) is 0 Å². The first-order chi connectivity index (χ1) is 9.22. The van der Waals surface area contributed by atoms with Crippen molar-refractivity contribution in [3.05, 3.63) is 47.8 Å². The third-order valence-corrected chi connectivity index (χ3v) is 3.56. The number of rotatable bonds is 4. The summed E-state index contributed by atoms with van der Waals surface area (Å²) in [6, 6.07) is 10.1. The molecule has 1 atom stereocenters. The predicted octanol–water partition coefficient (Wildman–Crippen LogP) is 2.13. The van der Waals surface area contributed by atoms with E-state index in [9.17, 15) is 4.79 Å². The van der Waals surface area contributed by atoms with Crippen LogP contribution >= 0.6 is 0 Å². The van der Waals surface area contributed by atoms with Gasteiger partial charge in [0, 0.05) is 37.8 Å². The molecule has 2 aromatic rings. The molecule has 1 aliphatic rings. The summed E-state index contributed by atoms with van der Waals surface area (Å²) in [5.74, 6) is 0.551. The molecule has 0 radical (unpaired) electrons. The van der Waals surface area contributed by atoms with E-state index >= 15 is 0 Å². The van der Waals surface area contributed by atoms with Crippen LogP contribution in [0.3, 0.4) is 0 Å². The lowest BCUT2D eigenvalue weighted by Crippen LogP contribution is -2.11. The number of benzene rings is 1. The average molecular weight is 255 g/mol. The number of para-hydroxylation sites is 1. The standard InChI is InChI=1S/C15H17N3O/c1-18-7-6-12(17-18)9-13(19)8-11-10-16-15-5-3-2-4-14(11)15/h2-7,11,16H,8-10H2,1H3. The Hall–Kier alpha value is -2.10. The number of anilines is 1. The molecule has 4 heteroatoms. The van der Waals surface area contributed by atoms with E-state index in [2.05, 4.69) is 22.5 Å². The van der Waals surface area contributed by atoms with Crippen molar-refractivity contribution < 1.29 is 4.79 Å². The highest BCUT2D eigenvalue weighted by molar-refractivity contribution is 5.82. The van der Waals surface area contributed by atoms with Gasteiger partial charge in [0.15, 0.2) is 0 Å². The molecule has 1 aromatic carbocycles. The number of ketones is 1. The summed E-state index contributed by atoms with van der Waals surface area (Å²) in [7, 11) is 1.87. The van der Waals surface area contributed by atoms with Crippen molar-refractivity contribution in [3.8, 4) is 0 Å². The number of fused-ring (bicyclic) bond motifs is 1. The van der Waals surface area contributed by atoms with Gasteiger partial charge in [-0.2, -0.15) is 5.10 Å². The number of carbonyl (C=O) groups excluding carboxylic acids is 1. The van der Waals surface area contributed by atoms with Crippen molar-refractivity contribution in [1.82, 2.24) is 9.78 Å². The molecule has 98 valence electrons. The number of carbonyl (C=O) groups is 1. The van der Waals surface area contributed by atoms with Crippen molar-refractivity contribution in [2.45, 2.75) is 18.8 Å². The molecule has 0 bridgehead atoms. The van der Waals surface area contributed by atoms with Gasteiger partial charge in [-0.1, -0.05) is 18.2 Å². The topological polar surface area (TPSA) is 46.9 Å². The maximum absolute atomic E-state index is 12.1. The van der Waals surface area contributed by atoms with Gasteiger partial charge in [0.25, 0.3) is 0 Å². The molecule has 2 heterocycles. The SMILES string of the molecule is Cn1ccc(CC(=O)CC2CNc3ccccc32)n1. The highest BCUT2D eigenvalue weighted by Gasteiger charge is 2.24. The molecule has 1 N–H and O–H groups in total. The summed E-state index contributed by atoms with van der Waals surface area (Å²) in [5, 5.41) is 7.60. The molecule has 0 amide bonds. The third kappa shape index (κ3) is 2.52. The van der Waals surface area contributed by atoms with Gasteiger partial charge in [0.05, 0.1) is 12.1 Å². The Kier molecular flexibility index (Phi) is 3.07. The van der Waals surface area contributed by atoms with E-state index in [0.29, 0.717) is 18.8 Å². The zero-order valence-electron chi connectivity index (χ0n) is 11.0. The highest BCUT2D eigenvalue weighted by Crippen LogP contribution is 2.33. The van der Waals surface area contributed by atoms with Crippen LogP contribution in [0.5, 0.6) is 0 Å². The molecule has 4 nitrogen and oxygen atoms in total. The van der Waals surface area contributed by atoms with Crippen molar-refractivity contribution in [2.75, 3.05) is 11.9 Å². The van der Waals surface area contributed by atoms with E-state index in [0.717, 1.165) is 17.9 Å². The number of aryl methyl sites for hydroxylation is 1. The van der Waals surface area contributed by atoms with Gasteiger partial charge in [-0.05, 0) is 17.7 Å². The van der Waals surface area contributed by atoms with Crippen LogP contribution in [-0.2, 0) is 18.3 Å². The molecule has 3 rings (SSSR count). The van der Waals surface area contributed by atoms with E-state index in [-0.39, 0.29) is 5.78 Å². The Morgan fingerprint density at radius 1 is 1.42 bits per heavy atom. The maximum atomic E-state index is 12.1. The minimum atomic E-state index is 0.252. The molecule has 0 aliphatic carbocycles. The summed E-state index contributed by atoms with van der Waals surface area (Å²) < 4.78 is 1.73. The summed E-state index contributed by atoms with van der Waals surface area (Å²) in [6.07, 6.45) is 2.88. The Labute approximate surface area is 112 Å². The summed E-state index contributed by atoms with van der Waals surface area (Å²) in [5.41, 5.74) is 3.28.